The van der Waals surface area contributed by atoms with Crippen LogP contribution >= 0.6 is 24.2 Å². The topological polar surface area (TPSA) is 111 Å². The first-order valence-electron chi connectivity index (χ1n) is 10.7. The van der Waals surface area contributed by atoms with Crippen molar-refractivity contribution in [2.24, 2.45) is 0 Å². The van der Waals surface area contributed by atoms with E-state index in [-0.39, 0.29) is 17.7 Å². The quantitative estimate of drug-likeness (QED) is 0.264. The summed E-state index contributed by atoms with van der Waals surface area (Å²) in [6.45, 7) is -0.504. The van der Waals surface area contributed by atoms with Gasteiger partial charge in [0.25, 0.3) is 0 Å². The first-order chi connectivity index (χ1) is 17.2. The van der Waals surface area contributed by atoms with Crippen LogP contribution < -0.4 is 0 Å². The van der Waals surface area contributed by atoms with Crippen LogP contribution in [0.2, 0.25) is 5.02 Å². The zero-order valence-corrected chi connectivity index (χ0v) is 19.9. The van der Waals surface area contributed by atoms with Crippen molar-refractivity contribution in [1.29, 1.82) is 0 Å². The van der Waals surface area contributed by atoms with E-state index in [9.17, 15) is 23.4 Å². The van der Waals surface area contributed by atoms with Crippen molar-refractivity contribution in [1.82, 2.24) is 29.8 Å². The van der Waals surface area contributed by atoms with Crippen LogP contribution in [-0.2, 0) is 4.74 Å². The molecule has 1 aliphatic rings. The summed E-state index contributed by atoms with van der Waals surface area (Å²) in [7, 11) is 0. The van der Waals surface area contributed by atoms with E-state index in [1.807, 2.05) is 0 Å². The van der Waals surface area contributed by atoms with Gasteiger partial charge in [0, 0.05) is 21.9 Å². The van der Waals surface area contributed by atoms with Gasteiger partial charge < -0.3 is 14.9 Å². The second-order valence-electron chi connectivity index (χ2n) is 8.20. The minimum absolute atomic E-state index is 0.0299. The van der Waals surface area contributed by atoms with E-state index in [0.717, 1.165) is 12.1 Å². The fraction of sp³-hybridized carbons (Fsp3) is 0.273. The van der Waals surface area contributed by atoms with Crippen molar-refractivity contribution in [3.63, 3.8) is 0 Å². The Labute approximate surface area is 212 Å². The average Bonchev–Trinajstić information content (AvgIpc) is 3.52. The van der Waals surface area contributed by atoms with Crippen LogP contribution in [0.15, 0.2) is 47.8 Å². The number of aliphatic hydroxyl groups is 2. The van der Waals surface area contributed by atoms with Gasteiger partial charge in [-0.05, 0) is 30.3 Å². The van der Waals surface area contributed by atoms with E-state index < -0.39 is 48.4 Å². The monoisotopic (exact) mass is 538 g/mol. The number of aromatic nitrogens is 6. The van der Waals surface area contributed by atoms with Gasteiger partial charge in [0.05, 0.1) is 24.5 Å². The van der Waals surface area contributed by atoms with Crippen LogP contribution in [0, 0.1) is 17.5 Å². The summed E-state index contributed by atoms with van der Waals surface area (Å²) in [4.78, 5) is 0.618. The van der Waals surface area contributed by atoms with Gasteiger partial charge in [0.2, 0.25) is 0 Å². The molecule has 0 aliphatic carbocycles. The second kappa shape index (κ2) is 9.82. The summed E-state index contributed by atoms with van der Waals surface area (Å²) in [6.07, 6.45) is 0.0251. The van der Waals surface area contributed by atoms with Gasteiger partial charge in [-0.2, -0.15) is 0 Å². The molecule has 2 N–H and O–H groups in total. The molecule has 1 fully saturated rings. The highest BCUT2D eigenvalue weighted by atomic mass is 35.5. The van der Waals surface area contributed by atoms with Crippen LogP contribution in [-0.4, -0.2) is 58.8 Å². The number of benzene rings is 2. The normalized spacial score (nSPS) is 22.2. The Morgan fingerprint density at radius 3 is 2.56 bits per heavy atom. The summed E-state index contributed by atoms with van der Waals surface area (Å²) in [5.41, 5.74) is 0.660. The molecule has 2 aromatic heterocycles. The summed E-state index contributed by atoms with van der Waals surface area (Å²) in [6, 6.07) is 5.96. The van der Waals surface area contributed by atoms with Crippen molar-refractivity contribution in [3.05, 3.63) is 71.2 Å². The third kappa shape index (κ3) is 4.60. The Bertz CT molecular complexity index is 1380. The SMILES string of the molecule is OCC1OC(c2nncn2-c2cc(S)cc(Cl)c2)CC(n2cc(-c3cc(F)c(F)c(F)c3)nn2)C1O. The summed E-state index contributed by atoms with van der Waals surface area (Å²) >= 11 is 10.5. The Morgan fingerprint density at radius 2 is 1.86 bits per heavy atom. The van der Waals surface area contributed by atoms with Crippen molar-refractivity contribution < 1.29 is 28.1 Å². The van der Waals surface area contributed by atoms with Crippen molar-refractivity contribution in [3.8, 4) is 16.9 Å². The molecular formula is C22H18ClF3N6O3S. The number of aliphatic hydroxyl groups excluding tert-OH is 2. The number of ether oxygens (including phenoxy) is 1. The highest BCUT2D eigenvalue weighted by Gasteiger charge is 2.41. The Morgan fingerprint density at radius 1 is 1.11 bits per heavy atom. The molecule has 2 aromatic carbocycles. The van der Waals surface area contributed by atoms with Crippen molar-refractivity contribution in [2.45, 2.75) is 35.7 Å². The molecule has 1 saturated heterocycles. The van der Waals surface area contributed by atoms with Gasteiger partial charge in [-0.15, -0.1) is 27.9 Å². The molecular weight excluding hydrogens is 521 g/mol. The molecule has 0 amide bonds. The molecule has 0 saturated carbocycles. The van der Waals surface area contributed by atoms with Crippen molar-refractivity contribution >= 4 is 24.2 Å². The highest BCUT2D eigenvalue weighted by Crippen LogP contribution is 2.38. The minimum atomic E-state index is -1.59. The van der Waals surface area contributed by atoms with Gasteiger partial charge >= 0.3 is 0 Å². The minimum Gasteiger partial charge on any atom is -0.394 e. The molecule has 9 nitrogen and oxygen atoms in total. The maximum atomic E-state index is 13.7. The van der Waals surface area contributed by atoms with E-state index in [1.54, 1.807) is 22.8 Å². The molecule has 36 heavy (non-hydrogen) atoms. The van der Waals surface area contributed by atoms with Crippen LogP contribution in [0.5, 0.6) is 0 Å². The third-order valence-corrected chi connectivity index (χ3v) is 6.36. The average molecular weight is 539 g/mol. The smallest absolute Gasteiger partial charge is 0.194 e. The number of thiol groups is 1. The third-order valence-electron chi connectivity index (χ3n) is 5.89. The Kier molecular flexibility index (Phi) is 6.74. The van der Waals surface area contributed by atoms with Gasteiger partial charge in [-0.1, -0.05) is 16.8 Å². The Hall–Kier alpha value is -2.97. The first kappa shape index (κ1) is 24.7. The molecule has 4 aromatic rings. The predicted molar refractivity (Wildman–Crippen MR) is 123 cm³/mol. The summed E-state index contributed by atoms with van der Waals surface area (Å²) in [5.74, 6) is -3.94. The van der Waals surface area contributed by atoms with E-state index >= 15 is 0 Å². The number of hydrogen-bond acceptors (Lipinski definition) is 8. The van der Waals surface area contributed by atoms with Gasteiger partial charge in [0.1, 0.15) is 30.3 Å². The molecule has 5 rings (SSSR count). The maximum absolute atomic E-state index is 13.7. The molecule has 0 spiro atoms. The fourth-order valence-corrected chi connectivity index (χ4v) is 4.75. The molecule has 1 aliphatic heterocycles. The molecule has 4 unspecified atom stereocenters. The van der Waals surface area contributed by atoms with Crippen LogP contribution in [0.1, 0.15) is 24.4 Å². The zero-order chi connectivity index (χ0) is 25.6. The lowest BCUT2D eigenvalue weighted by Gasteiger charge is -2.38. The lowest BCUT2D eigenvalue weighted by molar-refractivity contribution is -0.161. The predicted octanol–water partition coefficient (Wildman–Crippen LogP) is 3.31. The highest BCUT2D eigenvalue weighted by molar-refractivity contribution is 7.80. The van der Waals surface area contributed by atoms with Gasteiger partial charge in [-0.3, -0.25) is 4.57 Å². The standard InChI is InChI=1S/C22H18ClF3N6O3S/c23-11-3-12(5-13(36)4-11)31-9-27-29-22(31)18-6-17(21(34)19(8-33)35-18)32-7-16(28-30-32)10-1-14(24)20(26)15(25)2-10/h1-5,7,9,17-19,21,33-34,36H,6,8H2. The number of rotatable bonds is 5. The second-order valence-corrected chi connectivity index (χ2v) is 9.16. The van der Waals surface area contributed by atoms with E-state index in [4.69, 9.17) is 16.3 Å². The molecule has 4 atom stereocenters. The number of hydrogen-bond donors (Lipinski definition) is 3. The lowest BCUT2D eigenvalue weighted by Crippen LogP contribution is -2.45. The summed E-state index contributed by atoms with van der Waals surface area (Å²) in [5, 5.41) is 37.2. The maximum Gasteiger partial charge on any atom is 0.194 e. The van der Waals surface area contributed by atoms with E-state index in [2.05, 4.69) is 33.1 Å². The van der Waals surface area contributed by atoms with Gasteiger partial charge in [-0.25, -0.2) is 17.9 Å². The lowest BCUT2D eigenvalue weighted by atomic mass is 9.95. The fourth-order valence-electron chi connectivity index (χ4n) is 4.17. The zero-order valence-electron chi connectivity index (χ0n) is 18.2. The van der Waals surface area contributed by atoms with Crippen LogP contribution in [0.4, 0.5) is 13.2 Å². The molecule has 188 valence electrons. The number of nitrogens with zero attached hydrogens (tertiary/aromatic N) is 6. The largest absolute Gasteiger partial charge is 0.394 e. The molecule has 3 heterocycles. The van der Waals surface area contributed by atoms with E-state index in [1.165, 1.54) is 17.2 Å². The molecule has 0 radical (unpaired) electrons. The molecule has 0 bridgehead atoms. The Balaban J connectivity index is 1.48. The van der Waals surface area contributed by atoms with E-state index in [0.29, 0.717) is 21.4 Å². The number of halogens is 4. The van der Waals surface area contributed by atoms with Crippen molar-refractivity contribution in [2.75, 3.05) is 6.61 Å². The van der Waals surface area contributed by atoms with Crippen LogP contribution in [0.25, 0.3) is 16.9 Å². The van der Waals surface area contributed by atoms with Crippen LogP contribution in [0.3, 0.4) is 0 Å². The first-order valence-corrected chi connectivity index (χ1v) is 11.5. The van der Waals surface area contributed by atoms with Gasteiger partial charge in [0.15, 0.2) is 23.3 Å². The summed E-state index contributed by atoms with van der Waals surface area (Å²) < 4.78 is 49.6. The molecule has 14 heteroatoms.